The number of ether oxygens (including phenoxy) is 1. The molecule has 0 heterocycles. The summed E-state index contributed by atoms with van der Waals surface area (Å²) < 4.78 is 5.14. The zero-order valence-electron chi connectivity index (χ0n) is 11.8. The second-order valence-corrected chi connectivity index (χ2v) is 4.97. The summed E-state index contributed by atoms with van der Waals surface area (Å²) in [7, 11) is 1.66. The summed E-state index contributed by atoms with van der Waals surface area (Å²) >= 11 is 0. The molecule has 0 bridgehead atoms. The molecule has 2 aromatic rings. The Morgan fingerprint density at radius 3 is 2.30 bits per heavy atom. The lowest BCUT2D eigenvalue weighted by molar-refractivity contribution is -0.111. The summed E-state index contributed by atoms with van der Waals surface area (Å²) in [6.07, 6.45) is 3.70. The highest BCUT2D eigenvalue weighted by Gasteiger charge is 2.08. The first-order valence-electron chi connectivity index (χ1n) is 6.94. The van der Waals surface area contributed by atoms with Crippen LogP contribution < -0.4 is 4.74 Å². The number of carbonyl (C=O) groups is 1. The van der Waals surface area contributed by atoms with Crippen molar-refractivity contribution in [2.45, 2.75) is 19.3 Å². The molecule has 1 unspecified atom stereocenters. The summed E-state index contributed by atoms with van der Waals surface area (Å²) in [6.45, 7) is 0. The Morgan fingerprint density at radius 1 is 1.00 bits per heavy atom. The highest BCUT2D eigenvalue weighted by atomic mass is 16.5. The zero-order valence-corrected chi connectivity index (χ0v) is 11.8. The molecule has 0 aromatic heterocycles. The van der Waals surface area contributed by atoms with E-state index in [4.69, 9.17) is 4.74 Å². The van der Waals surface area contributed by atoms with Crippen LogP contribution in [0.5, 0.6) is 5.75 Å². The van der Waals surface area contributed by atoms with Gasteiger partial charge in [0.1, 0.15) is 12.0 Å². The van der Waals surface area contributed by atoms with Gasteiger partial charge in [0, 0.05) is 5.92 Å². The van der Waals surface area contributed by atoms with Gasteiger partial charge in [-0.05, 0) is 42.5 Å². The first kappa shape index (κ1) is 14.3. The van der Waals surface area contributed by atoms with Crippen LogP contribution in [0.15, 0.2) is 54.6 Å². The minimum absolute atomic E-state index is 0.0829. The molecule has 2 rings (SSSR count). The lowest BCUT2D eigenvalue weighted by Crippen LogP contribution is -2.07. The van der Waals surface area contributed by atoms with Crippen LogP contribution >= 0.6 is 0 Å². The van der Waals surface area contributed by atoms with Gasteiger partial charge in [-0.3, -0.25) is 0 Å². The smallest absolute Gasteiger partial charge is 0.123 e. The maximum absolute atomic E-state index is 11.2. The predicted molar refractivity (Wildman–Crippen MR) is 81.0 cm³/mol. The fourth-order valence-corrected chi connectivity index (χ4v) is 2.28. The van der Waals surface area contributed by atoms with E-state index >= 15 is 0 Å². The molecule has 2 nitrogen and oxygen atoms in total. The number of rotatable bonds is 7. The molecule has 0 fully saturated rings. The van der Waals surface area contributed by atoms with E-state index in [9.17, 15) is 4.79 Å². The summed E-state index contributed by atoms with van der Waals surface area (Å²) in [6, 6.07) is 18.2. The first-order valence-corrected chi connectivity index (χ1v) is 6.94. The Labute approximate surface area is 120 Å². The van der Waals surface area contributed by atoms with Crippen molar-refractivity contribution in [2.24, 2.45) is 5.92 Å². The van der Waals surface area contributed by atoms with Crippen LogP contribution in [0.3, 0.4) is 0 Å². The van der Waals surface area contributed by atoms with Crippen molar-refractivity contribution in [3.63, 3.8) is 0 Å². The molecule has 2 heteroatoms. The lowest BCUT2D eigenvalue weighted by Gasteiger charge is -2.10. The number of carbonyl (C=O) groups excluding carboxylic acids is 1. The van der Waals surface area contributed by atoms with Crippen molar-refractivity contribution >= 4 is 6.29 Å². The molecule has 0 radical (unpaired) electrons. The van der Waals surface area contributed by atoms with E-state index < -0.39 is 0 Å². The number of aldehydes is 1. The number of methoxy groups -OCH3 is 1. The molecule has 1 atom stereocenters. The van der Waals surface area contributed by atoms with Crippen molar-refractivity contribution in [1.82, 2.24) is 0 Å². The molecule has 104 valence electrons. The van der Waals surface area contributed by atoms with Crippen molar-refractivity contribution < 1.29 is 9.53 Å². The first-order chi connectivity index (χ1) is 9.81. The Hall–Kier alpha value is -2.09. The molecule has 0 aliphatic carbocycles. The van der Waals surface area contributed by atoms with Gasteiger partial charge in [0.15, 0.2) is 0 Å². The highest BCUT2D eigenvalue weighted by Crippen LogP contribution is 2.16. The van der Waals surface area contributed by atoms with Gasteiger partial charge in [-0.2, -0.15) is 0 Å². The van der Waals surface area contributed by atoms with Gasteiger partial charge in [0.2, 0.25) is 0 Å². The number of aryl methyl sites for hydroxylation is 1. The molecule has 0 amide bonds. The third-order valence-electron chi connectivity index (χ3n) is 3.50. The quantitative estimate of drug-likeness (QED) is 0.716. The summed E-state index contributed by atoms with van der Waals surface area (Å²) in [5.74, 6) is 0.949. The topological polar surface area (TPSA) is 26.3 Å². The van der Waals surface area contributed by atoms with Gasteiger partial charge in [-0.15, -0.1) is 0 Å². The zero-order chi connectivity index (χ0) is 14.2. The van der Waals surface area contributed by atoms with E-state index in [2.05, 4.69) is 24.3 Å². The molecule has 2 aromatic carbocycles. The molecule has 0 saturated carbocycles. The molecule has 0 saturated heterocycles. The van der Waals surface area contributed by atoms with Gasteiger partial charge in [-0.1, -0.05) is 42.5 Å². The monoisotopic (exact) mass is 268 g/mol. The van der Waals surface area contributed by atoms with Crippen LogP contribution in [0.2, 0.25) is 0 Å². The van der Waals surface area contributed by atoms with Crippen LogP contribution in [-0.2, 0) is 17.6 Å². The molecular formula is C18H20O2. The van der Waals surface area contributed by atoms with Crippen molar-refractivity contribution in [2.75, 3.05) is 7.11 Å². The molecule has 20 heavy (non-hydrogen) atoms. The van der Waals surface area contributed by atoms with E-state index in [1.54, 1.807) is 7.11 Å². The van der Waals surface area contributed by atoms with E-state index in [-0.39, 0.29) is 5.92 Å². The second-order valence-electron chi connectivity index (χ2n) is 4.97. The van der Waals surface area contributed by atoms with Crippen LogP contribution in [0, 0.1) is 5.92 Å². The van der Waals surface area contributed by atoms with Crippen molar-refractivity contribution in [1.29, 1.82) is 0 Å². The van der Waals surface area contributed by atoms with Crippen LogP contribution in [0.4, 0.5) is 0 Å². The van der Waals surface area contributed by atoms with Gasteiger partial charge < -0.3 is 9.53 Å². The Kier molecular flexibility index (Phi) is 5.36. The maximum atomic E-state index is 11.2. The SMILES string of the molecule is COc1ccc(CCC(C=O)Cc2ccccc2)cc1. The maximum Gasteiger partial charge on any atom is 0.123 e. The fourth-order valence-electron chi connectivity index (χ4n) is 2.28. The molecular weight excluding hydrogens is 248 g/mol. The van der Waals surface area contributed by atoms with Gasteiger partial charge in [0.05, 0.1) is 7.11 Å². The summed E-state index contributed by atoms with van der Waals surface area (Å²) in [4.78, 5) is 11.2. The van der Waals surface area contributed by atoms with Crippen molar-refractivity contribution in [3.05, 3.63) is 65.7 Å². The number of hydrogen-bond acceptors (Lipinski definition) is 2. The number of benzene rings is 2. The van der Waals surface area contributed by atoms with E-state index in [0.29, 0.717) is 0 Å². The second kappa shape index (κ2) is 7.49. The van der Waals surface area contributed by atoms with Gasteiger partial charge in [0.25, 0.3) is 0 Å². The molecule has 0 aliphatic rings. The van der Waals surface area contributed by atoms with E-state index in [1.807, 2.05) is 30.3 Å². The molecule has 0 aliphatic heterocycles. The standard InChI is InChI=1S/C18H20O2/c1-20-18-11-9-15(10-12-18)7-8-17(14-19)13-16-5-3-2-4-6-16/h2-6,9-12,14,17H,7-8,13H2,1H3. The van der Waals surface area contributed by atoms with Gasteiger partial charge >= 0.3 is 0 Å². The van der Waals surface area contributed by atoms with Crippen LogP contribution in [0.25, 0.3) is 0 Å². The summed E-state index contributed by atoms with van der Waals surface area (Å²) in [5, 5.41) is 0. The van der Waals surface area contributed by atoms with Crippen LogP contribution in [-0.4, -0.2) is 13.4 Å². The Morgan fingerprint density at radius 2 is 1.70 bits per heavy atom. The highest BCUT2D eigenvalue weighted by molar-refractivity contribution is 5.54. The van der Waals surface area contributed by atoms with Crippen molar-refractivity contribution in [3.8, 4) is 5.75 Å². The summed E-state index contributed by atoms with van der Waals surface area (Å²) in [5.41, 5.74) is 2.46. The molecule has 0 N–H and O–H groups in total. The Bertz CT molecular complexity index is 517. The third kappa shape index (κ3) is 4.23. The minimum Gasteiger partial charge on any atom is -0.497 e. The van der Waals surface area contributed by atoms with Gasteiger partial charge in [-0.25, -0.2) is 0 Å². The average molecular weight is 268 g/mol. The predicted octanol–water partition coefficient (Wildman–Crippen LogP) is 3.69. The largest absolute Gasteiger partial charge is 0.497 e. The van der Waals surface area contributed by atoms with E-state index in [0.717, 1.165) is 31.3 Å². The Balaban J connectivity index is 1.88. The number of hydrogen-bond donors (Lipinski definition) is 0. The normalized spacial score (nSPS) is 11.8. The lowest BCUT2D eigenvalue weighted by atomic mass is 9.94. The average Bonchev–Trinajstić information content (AvgIpc) is 2.53. The molecule has 0 spiro atoms. The fraction of sp³-hybridized carbons (Fsp3) is 0.278. The van der Waals surface area contributed by atoms with Crippen LogP contribution in [0.1, 0.15) is 17.5 Å². The van der Waals surface area contributed by atoms with E-state index in [1.165, 1.54) is 11.1 Å². The third-order valence-corrected chi connectivity index (χ3v) is 3.50. The minimum atomic E-state index is 0.0829.